The van der Waals surface area contributed by atoms with Crippen LogP contribution < -0.4 is 10.2 Å². The van der Waals surface area contributed by atoms with E-state index in [2.05, 4.69) is 83.1 Å². The standard InChI is InChI=1S/C17H30N2/c1-8-18-13(2)15-9-11-16(12-10-15)19(7)14(3)17(4,5)6/h9-14,18H,8H2,1-7H3. The molecule has 0 saturated carbocycles. The highest BCUT2D eigenvalue weighted by Gasteiger charge is 2.24. The number of hydrogen-bond donors (Lipinski definition) is 1. The van der Waals surface area contributed by atoms with Gasteiger partial charge in [0.2, 0.25) is 0 Å². The monoisotopic (exact) mass is 262 g/mol. The van der Waals surface area contributed by atoms with Gasteiger partial charge in [0.1, 0.15) is 0 Å². The second kappa shape index (κ2) is 6.42. The molecule has 1 N–H and O–H groups in total. The van der Waals surface area contributed by atoms with Crippen molar-refractivity contribution in [1.82, 2.24) is 5.32 Å². The molecule has 2 nitrogen and oxygen atoms in total. The van der Waals surface area contributed by atoms with Crippen LogP contribution in [0.5, 0.6) is 0 Å². The maximum Gasteiger partial charge on any atom is 0.0366 e. The predicted molar refractivity (Wildman–Crippen MR) is 85.9 cm³/mol. The summed E-state index contributed by atoms with van der Waals surface area (Å²) in [6, 6.07) is 9.84. The molecule has 1 aromatic rings. The SMILES string of the molecule is CCNC(C)c1ccc(N(C)C(C)C(C)(C)C)cc1. The van der Waals surface area contributed by atoms with Crippen LogP contribution in [-0.2, 0) is 0 Å². The third-order valence-electron chi connectivity index (χ3n) is 4.14. The van der Waals surface area contributed by atoms with Crippen molar-refractivity contribution < 1.29 is 0 Å². The topological polar surface area (TPSA) is 15.3 Å². The van der Waals surface area contributed by atoms with Gasteiger partial charge < -0.3 is 10.2 Å². The third-order valence-corrected chi connectivity index (χ3v) is 4.14. The second-order valence-electron chi connectivity index (χ2n) is 6.52. The quantitative estimate of drug-likeness (QED) is 0.854. The van der Waals surface area contributed by atoms with E-state index < -0.39 is 0 Å². The lowest BCUT2D eigenvalue weighted by Gasteiger charge is -2.37. The van der Waals surface area contributed by atoms with Crippen LogP contribution in [0.15, 0.2) is 24.3 Å². The Morgan fingerprint density at radius 3 is 2.05 bits per heavy atom. The van der Waals surface area contributed by atoms with Gasteiger partial charge in [-0.15, -0.1) is 0 Å². The molecule has 2 heteroatoms. The van der Waals surface area contributed by atoms with E-state index in [1.165, 1.54) is 11.3 Å². The first-order valence-electron chi connectivity index (χ1n) is 7.33. The van der Waals surface area contributed by atoms with E-state index in [4.69, 9.17) is 0 Å². The van der Waals surface area contributed by atoms with E-state index in [-0.39, 0.29) is 5.41 Å². The minimum Gasteiger partial charge on any atom is -0.371 e. The molecule has 0 saturated heterocycles. The largest absolute Gasteiger partial charge is 0.371 e. The van der Waals surface area contributed by atoms with Gasteiger partial charge in [0.25, 0.3) is 0 Å². The van der Waals surface area contributed by atoms with Crippen LogP contribution in [0.1, 0.15) is 53.1 Å². The number of hydrogen-bond acceptors (Lipinski definition) is 2. The van der Waals surface area contributed by atoms with Crippen LogP contribution in [0.4, 0.5) is 5.69 Å². The summed E-state index contributed by atoms with van der Waals surface area (Å²) in [5.74, 6) is 0. The summed E-state index contributed by atoms with van der Waals surface area (Å²) in [4.78, 5) is 2.36. The first-order chi connectivity index (χ1) is 8.77. The Kier molecular flexibility index (Phi) is 5.42. The lowest BCUT2D eigenvalue weighted by Crippen LogP contribution is -2.39. The zero-order valence-corrected chi connectivity index (χ0v) is 13.6. The lowest BCUT2D eigenvalue weighted by atomic mass is 9.87. The zero-order valence-electron chi connectivity index (χ0n) is 13.6. The number of benzene rings is 1. The van der Waals surface area contributed by atoms with Crippen LogP contribution in [0.25, 0.3) is 0 Å². The molecule has 0 heterocycles. The number of anilines is 1. The maximum atomic E-state index is 3.44. The molecule has 0 radical (unpaired) electrons. The van der Waals surface area contributed by atoms with Gasteiger partial charge in [-0.2, -0.15) is 0 Å². The normalized spacial score (nSPS) is 15.1. The fourth-order valence-corrected chi connectivity index (χ4v) is 2.23. The minimum atomic E-state index is 0.282. The van der Waals surface area contributed by atoms with Gasteiger partial charge >= 0.3 is 0 Å². The average molecular weight is 262 g/mol. The Morgan fingerprint density at radius 1 is 1.11 bits per heavy atom. The van der Waals surface area contributed by atoms with Crippen molar-refractivity contribution in [3.63, 3.8) is 0 Å². The highest BCUT2D eigenvalue weighted by molar-refractivity contribution is 5.48. The Balaban J connectivity index is 2.81. The summed E-state index contributed by atoms with van der Waals surface area (Å²) < 4.78 is 0. The Bertz CT molecular complexity index is 375. The maximum absolute atomic E-state index is 3.44. The van der Waals surface area contributed by atoms with E-state index in [1.807, 2.05) is 0 Å². The molecule has 0 fully saturated rings. The number of nitrogens with one attached hydrogen (secondary N) is 1. The Hall–Kier alpha value is -1.02. The Labute approximate surface area is 119 Å². The fourth-order valence-electron chi connectivity index (χ4n) is 2.23. The summed E-state index contributed by atoms with van der Waals surface area (Å²) in [7, 11) is 2.18. The van der Waals surface area contributed by atoms with Gasteiger partial charge in [-0.3, -0.25) is 0 Å². The highest BCUT2D eigenvalue weighted by atomic mass is 15.1. The first kappa shape index (κ1) is 16.0. The van der Waals surface area contributed by atoms with E-state index >= 15 is 0 Å². The molecular weight excluding hydrogens is 232 g/mol. The van der Waals surface area contributed by atoms with Crippen molar-refractivity contribution in [1.29, 1.82) is 0 Å². The summed E-state index contributed by atoms with van der Waals surface area (Å²) in [5, 5.41) is 3.44. The summed E-state index contributed by atoms with van der Waals surface area (Å²) >= 11 is 0. The molecule has 0 aliphatic heterocycles. The number of nitrogens with zero attached hydrogens (tertiary/aromatic N) is 1. The van der Waals surface area contributed by atoms with Gasteiger partial charge in [-0.1, -0.05) is 39.8 Å². The zero-order chi connectivity index (χ0) is 14.6. The van der Waals surface area contributed by atoms with Crippen molar-refractivity contribution >= 4 is 5.69 Å². The smallest absolute Gasteiger partial charge is 0.0366 e. The van der Waals surface area contributed by atoms with E-state index in [0.29, 0.717) is 12.1 Å². The van der Waals surface area contributed by atoms with E-state index in [9.17, 15) is 0 Å². The molecule has 0 amide bonds. The highest BCUT2D eigenvalue weighted by Crippen LogP contribution is 2.28. The molecular formula is C17H30N2. The van der Waals surface area contributed by atoms with Gasteiger partial charge in [-0.05, 0) is 43.5 Å². The summed E-state index contributed by atoms with van der Waals surface area (Å²) in [6.07, 6.45) is 0. The molecule has 2 unspecified atom stereocenters. The van der Waals surface area contributed by atoms with Crippen LogP contribution in [0.2, 0.25) is 0 Å². The molecule has 0 spiro atoms. The first-order valence-corrected chi connectivity index (χ1v) is 7.33. The van der Waals surface area contributed by atoms with Crippen molar-refractivity contribution in [2.45, 2.75) is 53.6 Å². The number of rotatable bonds is 5. The molecule has 1 aromatic carbocycles. The molecule has 19 heavy (non-hydrogen) atoms. The van der Waals surface area contributed by atoms with Crippen molar-refractivity contribution in [2.24, 2.45) is 5.41 Å². The van der Waals surface area contributed by atoms with E-state index in [1.54, 1.807) is 0 Å². The summed E-state index contributed by atoms with van der Waals surface area (Å²) in [5.41, 5.74) is 2.92. The minimum absolute atomic E-state index is 0.282. The third kappa shape index (κ3) is 4.24. The van der Waals surface area contributed by atoms with Gasteiger partial charge in [0, 0.05) is 24.8 Å². The van der Waals surface area contributed by atoms with Crippen LogP contribution in [-0.4, -0.2) is 19.6 Å². The molecule has 0 aliphatic carbocycles. The predicted octanol–water partition coefficient (Wildman–Crippen LogP) is 4.23. The molecule has 1 rings (SSSR count). The van der Waals surface area contributed by atoms with Crippen LogP contribution in [0, 0.1) is 5.41 Å². The second-order valence-corrected chi connectivity index (χ2v) is 6.52. The van der Waals surface area contributed by atoms with Crippen molar-refractivity contribution in [2.75, 3.05) is 18.5 Å². The van der Waals surface area contributed by atoms with Crippen LogP contribution in [0.3, 0.4) is 0 Å². The lowest BCUT2D eigenvalue weighted by molar-refractivity contribution is 0.330. The average Bonchev–Trinajstić information content (AvgIpc) is 2.36. The fraction of sp³-hybridized carbons (Fsp3) is 0.647. The molecule has 0 aromatic heterocycles. The van der Waals surface area contributed by atoms with Crippen molar-refractivity contribution in [3.05, 3.63) is 29.8 Å². The van der Waals surface area contributed by atoms with Gasteiger partial charge in [0.05, 0.1) is 0 Å². The summed E-state index contributed by atoms with van der Waals surface area (Å²) in [6.45, 7) is 14.5. The van der Waals surface area contributed by atoms with Gasteiger partial charge in [0.15, 0.2) is 0 Å². The molecule has 2 atom stereocenters. The molecule has 0 aliphatic rings. The van der Waals surface area contributed by atoms with Gasteiger partial charge in [-0.25, -0.2) is 0 Å². The van der Waals surface area contributed by atoms with Crippen LogP contribution >= 0.6 is 0 Å². The van der Waals surface area contributed by atoms with E-state index in [0.717, 1.165) is 6.54 Å². The molecule has 0 bridgehead atoms. The molecule has 108 valence electrons. The van der Waals surface area contributed by atoms with Crippen molar-refractivity contribution in [3.8, 4) is 0 Å². The Morgan fingerprint density at radius 2 is 1.63 bits per heavy atom.